The van der Waals surface area contributed by atoms with E-state index < -0.39 is 0 Å². The molecule has 0 bridgehead atoms. The van der Waals surface area contributed by atoms with E-state index in [0.717, 1.165) is 12.8 Å². The van der Waals surface area contributed by atoms with Crippen LogP contribution in [0.4, 0.5) is 0 Å². The van der Waals surface area contributed by atoms with E-state index in [9.17, 15) is 4.79 Å². The molecular weight excluding hydrogens is 552 g/mol. The summed E-state index contributed by atoms with van der Waals surface area (Å²) in [5, 5.41) is 10.7. The van der Waals surface area contributed by atoms with E-state index in [2.05, 4.69) is 43.4 Å². The van der Waals surface area contributed by atoms with E-state index in [0.29, 0.717) is 5.92 Å². The molecule has 0 saturated carbocycles. The molecule has 5 nitrogen and oxygen atoms in total. The van der Waals surface area contributed by atoms with Gasteiger partial charge in [0.05, 0.1) is 18.2 Å². The molecule has 0 aromatic carbocycles. The maximum atomic E-state index is 12.2. The molecule has 2 N–H and O–H groups in total. The number of rotatable bonds is 6. The Morgan fingerprint density at radius 2 is 2.08 bits per heavy atom. The molecule has 1 rings (SSSR count). The average Bonchev–Trinajstić information content (AvgIpc) is 2.54. The average molecular weight is 585 g/mol. The second-order valence-corrected chi connectivity index (χ2v) is 7.09. The monoisotopic (exact) mass is 584 g/mol. The zero-order valence-corrected chi connectivity index (χ0v) is 21.0. The third-order valence-corrected chi connectivity index (χ3v) is 4.50. The molecule has 0 aliphatic carbocycles. The third-order valence-electron chi connectivity index (χ3n) is 4.50. The van der Waals surface area contributed by atoms with Crippen molar-refractivity contribution in [2.24, 2.45) is 16.8 Å². The maximum absolute atomic E-state index is 12.2. The van der Waals surface area contributed by atoms with Gasteiger partial charge < -0.3 is 20.5 Å². The molecule has 1 amide bonds. The molecule has 0 aromatic rings. The Hall–Kier alpha value is -0.698. The Labute approximate surface area is 182 Å². The van der Waals surface area contributed by atoms with Gasteiger partial charge in [-0.15, -0.1) is 6.92 Å². The van der Waals surface area contributed by atoms with Crippen LogP contribution in [0.3, 0.4) is 0 Å². The quantitative estimate of drug-likeness (QED) is 0.164. The van der Waals surface area contributed by atoms with E-state index in [1.807, 2.05) is 13.8 Å². The topological polar surface area (TPSA) is 74.5 Å². The first-order valence-electron chi connectivity index (χ1n) is 8.98. The molecule has 0 spiro atoms. The Morgan fingerprint density at radius 1 is 1.42 bits per heavy atom. The van der Waals surface area contributed by atoms with Gasteiger partial charge in [0.25, 0.3) is 0 Å². The Balaban J connectivity index is 0.00000625. The maximum Gasteiger partial charge on any atom is 0.243 e. The predicted octanol–water partition coefficient (Wildman–Crippen LogP) is 3.78. The summed E-state index contributed by atoms with van der Waals surface area (Å²) in [6, 6.07) is 0.00635. The van der Waals surface area contributed by atoms with Crippen LogP contribution < -0.4 is 5.32 Å². The summed E-state index contributed by atoms with van der Waals surface area (Å²) in [6.45, 7) is 11.9. The zero-order valence-electron chi connectivity index (χ0n) is 16.8. The SMILES string of the molecule is C[C-]=NC(=N)C(C)/C=C\C(=O)NC1CC(C)C(CC=C(C)C)OC1C.[U]. The van der Waals surface area contributed by atoms with Gasteiger partial charge in [0, 0.05) is 31.1 Å². The smallest absolute Gasteiger partial charge is 0.243 e. The van der Waals surface area contributed by atoms with Gasteiger partial charge in [0.15, 0.2) is 0 Å². The molecule has 1 aliphatic heterocycles. The van der Waals surface area contributed by atoms with Gasteiger partial charge in [-0.2, -0.15) is 6.21 Å². The minimum Gasteiger partial charge on any atom is -0.444 e. The van der Waals surface area contributed by atoms with Gasteiger partial charge in [0.1, 0.15) is 0 Å². The van der Waals surface area contributed by atoms with Crippen LogP contribution in [0.5, 0.6) is 0 Å². The van der Waals surface area contributed by atoms with Crippen molar-refractivity contribution in [1.29, 1.82) is 5.41 Å². The van der Waals surface area contributed by atoms with Crippen LogP contribution in [0.1, 0.15) is 54.4 Å². The summed E-state index contributed by atoms with van der Waals surface area (Å²) in [4.78, 5) is 16.0. The second kappa shape index (κ2) is 12.6. The van der Waals surface area contributed by atoms with Crippen LogP contribution in [0.25, 0.3) is 0 Å². The van der Waals surface area contributed by atoms with Gasteiger partial charge >= 0.3 is 0 Å². The molecule has 26 heavy (non-hydrogen) atoms. The largest absolute Gasteiger partial charge is 0.444 e. The second-order valence-electron chi connectivity index (χ2n) is 7.09. The van der Waals surface area contributed by atoms with E-state index in [4.69, 9.17) is 10.1 Å². The fraction of sp³-hybridized carbons (Fsp3) is 0.650. The molecule has 0 radical (unpaired) electrons. The van der Waals surface area contributed by atoms with Crippen LogP contribution >= 0.6 is 0 Å². The number of nitrogens with one attached hydrogen (secondary N) is 2. The number of nitrogens with zero attached hydrogens (tertiary/aromatic N) is 1. The van der Waals surface area contributed by atoms with Crippen molar-refractivity contribution in [3.05, 3.63) is 23.8 Å². The number of amidine groups is 1. The first-order valence-corrected chi connectivity index (χ1v) is 8.98. The molecule has 1 aliphatic rings. The Morgan fingerprint density at radius 3 is 2.65 bits per heavy atom. The predicted molar refractivity (Wildman–Crippen MR) is 103 cm³/mol. The summed E-state index contributed by atoms with van der Waals surface area (Å²) >= 11 is 0. The third kappa shape index (κ3) is 8.79. The van der Waals surface area contributed by atoms with E-state index >= 15 is 0 Å². The van der Waals surface area contributed by atoms with Gasteiger partial charge in [-0.05, 0) is 57.4 Å². The van der Waals surface area contributed by atoms with E-state index in [1.165, 1.54) is 11.6 Å². The first-order chi connectivity index (χ1) is 11.7. The van der Waals surface area contributed by atoms with Crippen molar-refractivity contribution in [3.63, 3.8) is 0 Å². The summed E-state index contributed by atoms with van der Waals surface area (Å²) in [7, 11) is 0. The number of hydrogen-bond donors (Lipinski definition) is 2. The van der Waals surface area contributed by atoms with Crippen LogP contribution in [-0.4, -0.2) is 36.2 Å². The number of amides is 1. The molecule has 6 heteroatoms. The first kappa shape index (κ1) is 25.3. The molecule has 1 saturated heterocycles. The molecule has 5 atom stereocenters. The van der Waals surface area contributed by atoms with Crippen molar-refractivity contribution in [3.8, 4) is 0 Å². The van der Waals surface area contributed by atoms with E-state index in [-0.39, 0.29) is 67.0 Å². The number of ether oxygens (including phenoxy) is 1. The minimum absolute atomic E-state index is 0. The number of aliphatic imine (C=N–C) groups is 1. The van der Waals surface area contributed by atoms with Gasteiger partial charge in [-0.3, -0.25) is 4.79 Å². The van der Waals surface area contributed by atoms with E-state index in [1.54, 1.807) is 13.0 Å². The Bertz CT molecular complexity index is 553. The van der Waals surface area contributed by atoms with Gasteiger partial charge in [-0.25, -0.2) is 0 Å². The number of carbonyl (C=O) groups is 1. The summed E-state index contributed by atoms with van der Waals surface area (Å²) < 4.78 is 6.12. The molecule has 1 fully saturated rings. The molecule has 1 heterocycles. The molecular formula is C20H32N3O2U-. The standard InChI is InChI=1S/C20H32N3O2.U/c1-7-22-20(21)14(4)9-11-19(24)23-17-12-15(5)18(25-16(17)6)10-8-13(2)3;/h8-9,11,14-18,21H,10,12H2,1-6H3,(H,23,24);/q-1;/b11-9-,21-20?;. The van der Waals surface area contributed by atoms with Crippen LogP contribution in [0, 0.1) is 48.4 Å². The summed E-state index contributed by atoms with van der Waals surface area (Å²) in [5.41, 5.74) is 1.30. The fourth-order valence-corrected chi connectivity index (χ4v) is 2.84. The van der Waals surface area contributed by atoms with Gasteiger partial charge in [-0.1, -0.05) is 31.6 Å². The minimum atomic E-state index is -0.217. The van der Waals surface area contributed by atoms with Crippen molar-refractivity contribution in [2.45, 2.75) is 72.6 Å². The number of carbonyl (C=O) groups excluding carboxylic acids is 1. The molecule has 0 aromatic heterocycles. The molecule has 5 unspecified atom stereocenters. The summed E-state index contributed by atoms with van der Waals surface area (Å²) in [5.74, 6) is 0.212. The Kier molecular flexibility index (Phi) is 12.3. The molecule has 144 valence electrons. The van der Waals surface area contributed by atoms with Gasteiger partial charge in [0.2, 0.25) is 5.91 Å². The van der Waals surface area contributed by atoms with Crippen molar-refractivity contribution in [1.82, 2.24) is 5.32 Å². The normalized spacial score (nSPS) is 27.0. The van der Waals surface area contributed by atoms with Crippen LogP contribution in [0.15, 0.2) is 28.8 Å². The number of allylic oxidation sites excluding steroid dienone is 1. The fourth-order valence-electron chi connectivity index (χ4n) is 2.84. The van der Waals surface area contributed by atoms with Crippen LogP contribution in [-0.2, 0) is 9.53 Å². The van der Waals surface area contributed by atoms with Crippen molar-refractivity contribution < 1.29 is 40.6 Å². The van der Waals surface area contributed by atoms with Crippen LogP contribution in [0.2, 0.25) is 0 Å². The zero-order chi connectivity index (χ0) is 19.0. The van der Waals surface area contributed by atoms with Crippen molar-refractivity contribution >= 4 is 18.0 Å². The van der Waals surface area contributed by atoms with Crippen molar-refractivity contribution in [2.75, 3.05) is 0 Å². The summed E-state index contributed by atoms with van der Waals surface area (Å²) in [6.07, 6.45) is 9.98. The number of hydrogen-bond acceptors (Lipinski definition) is 3.